The van der Waals surface area contributed by atoms with E-state index in [9.17, 15) is 18.0 Å². The van der Waals surface area contributed by atoms with Crippen LogP contribution < -0.4 is 14.4 Å². The zero-order valence-electron chi connectivity index (χ0n) is 25.5. The first-order valence-corrected chi connectivity index (χ1v) is 17.0. The molecule has 8 nitrogen and oxygen atoms in total. The molecule has 0 unspecified atom stereocenters. The Balaban J connectivity index is 1.85. The second kappa shape index (κ2) is 15.7. The van der Waals surface area contributed by atoms with Crippen LogP contribution in [0, 0.1) is 0 Å². The Kier molecular flexibility index (Phi) is 12.0. The fourth-order valence-corrected chi connectivity index (χ4v) is 7.04. The molecule has 46 heavy (non-hydrogen) atoms. The van der Waals surface area contributed by atoms with Gasteiger partial charge < -0.3 is 15.0 Å². The van der Waals surface area contributed by atoms with Crippen molar-refractivity contribution in [1.29, 1.82) is 0 Å². The van der Waals surface area contributed by atoms with Crippen LogP contribution in [0.15, 0.2) is 102 Å². The summed E-state index contributed by atoms with van der Waals surface area (Å²) in [5, 5.41) is 3.65. The molecule has 4 aromatic rings. The normalized spacial score (nSPS) is 12.0. The Morgan fingerprint density at radius 2 is 1.43 bits per heavy atom. The second-order valence-corrected chi connectivity index (χ2v) is 13.8. The van der Waals surface area contributed by atoms with E-state index in [0.29, 0.717) is 21.4 Å². The first kappa shape index (κ1) is 35.1. The lowest BCUT2D eigenvalue weighted by molar-refractivity contribution is -0.140. The number of halogens is 3. The van der Waals surface area contributed by atoms with Gasteiger partial charge in [-0.05, 0) is 61.9 Å². The van der Waals surface area contributed by atoms with Gasteiger partial charge in [-0.2, -0.15) is 0 Å². The number of carbonyl (C=O) groups is 2. The standard InChI is InChI=1S/C34H34Cl3N3O5S/c1-23(2)38-34(42)31(19-24-11-6-4-7-12-24)39(21-27-28(35)15-10-16-29(27)36)33(41)22-40(25-17-18-32(45-3)30(37)20-25)46(43,44)26-13-8-5-9-14-26/h4-18,20,23,31H,19,21-22H2,1-3H3,(H,38,42)/t31-/m1/s1. The molecule has 4 rings (SSSR count). The molecule has 0 aliphatic heterocycles. The van der Waals surface area contributed by atoms with Crippen LogP contribution in [0.2, 0.25) is 15.1 Å². The minimum atomic E-state index is -4.30. The highest BCUT2D eigenvalue weighted by atomic mass is 35.5. The van der Waals surface area contributed by atoms with E-state index >= 15 is 0 Å². The number of amides is 2. The zero-order chi connectivity index (χ0) is 33.4. The fraction of sp³-hybridized carbons (Fsp3) is 0.235. The molecule has 0 bridgehead atoms. The number of carbonyl (C=O) groups excluding carboxylic acids is 2. The monoisotopic (exact) mass is 701 g/mol. The van der Waals surface area contributed by atoms with Gasteiger partial charge >= 0.3 is 0 Å². The van der Waals surface area contributed by atoms with Gasteiger partial charge in [-0.15, -0.1) is 0 Å². The highest BCUT2D eigenvalue weighted by Crippen LogP contribution is 2.33. The van der Waals surface area contributed by atoms with Gasteiger partial charge in [-0.3, -0.25) is 13.9 Å². The minimum Gasteiger partial charge on any atom is -0.495 e. The molecule has 0 aliphatic carbocycles. The predicted octanol–water partition coefficient (Wildman–Crippen LogP) is 7.02. The van der Waals surface area contributed by atoms with Crippen molar-refractivity contribution in [3.05, 3.63) is 123 Å². The van der Waals surface area contributed by atoms with E-state index in [1.54, 1.807) is 36.4 Å². The van der Waals surface area contributed by atoms with Gasteiger partial charge in [0.25, 0.3) is 10.0 Å². The molecule has 0 heterocycles. The summed E-state index contributed by atoms with van der Waals surface area (Å²) in [6.45, 7) is 2.80. The van der Waals surface area contributed by atoms with Crippen molar-refractivity contribution in [3.8, 4) is 5.75 Å². The van der Waals surface area contributed by atoms with Crippen molar-refractivity contribution in [2.24, 2.45) is 0 Å². The lowest BCUT2D eigenvalue weighted by Crippen LogP contribution is -2.54. The van der Waals surface area contributed by atoms with Crippen molar-refractivity contribution >= 4 is 62.3 Å². The molecule has 0 aliphatic rings. The predicted molar refractivity (Wildman–Crippen MR) is 183 cm³/mol. The van der Waals surface area contributed by atoms with Crippen molar-refractivity contribution in [3.63, 3.8) is 0 Å². The topological polar surface area (TPSA) is 96.0 Å². The molecule has 4 aromatic carbocycles. The molecule has 242 valence electrons. The average Bonchev–Trinajstić information content (AvgIpc) is 3.03. The lowest BCUT2D eigenvalue weighted by Gasteiger charge is -2.34. The van der Waals surface area contributed by atoms with Gasteiger partial charge in [0.2, 0.25) is 11.8 Å². The van der Waals surface area contributed by atoms with E-state index in [1.807, 2.05) is 44.2 Å². The second-order valence-electron chi connectivity index (χ2n) is 10.7. The smallest absolute Gasteiger partial charge is 0.264 e. The average molecular weight is 703 g/mol. The van der Waals surface area contributed by atoms with Crippen LogP contribution in [0.1, 0.15) is 25.0 Å². The quantitative estimate of drug-likeness (QED) is 0.162. The summed E-state index contributed by atoms with van der Waals surface area (Å²) in [7, 11) is -2.86. The van der Waals surface area contributed by atoms with Crippen LogP contribution in [-0.2, 0) is 32.6 Å². The zero-order valence-corrected chi connectivity index (χ0v) is 28.6. The van der Waals surface area contributed by atoms with Gasteiger partial charge in [-0.1, -0.05) is 89.4 Å². The van der Waals surface area contributed by atoms with Crippen molar-refractivity contribution < 1.29 is 22.7 Å². The molecule has 1 N–H and O–H groups in total. The third-order valence-corrected chi connectivity index (χ3v) is 9.92. The van der Waals surface area contributed by atoms with E-state index in [0.717, 1.165) is 9.87 Å². The molecule has 2 amide bonds. The summed E-state index contributed by atoms with van der Waals surface area (Å²) in [5.74, 6) is -0.750. The van der Waals surface area contributed by atoms with Gasteiger partial charge in [0.1, 0.15) is 18.3 Å². The summed E-state index contributed by atoms with van der Waals surface area (Å²) in [6, 6.07) is 25.1. The summed E-state index contributed by atoms with van der Waals surface area (Å²) >= 11 is 19.5. The van der Waals surface area contributed by atoms with Crippen LogP contribution in [0.3, 0.4) is 0 Å². The summed E-state index contributed by atoms with van der Waals surface area (Å²) in [5.41, 5.74) is 1.34. The Bertz CT molecular complexity index is 1750. The van der Waals surface area contributed by atoms with E-state index in [-0.39, 0.29) is 34.6 Å². The molecule has 0 aromatic heterocycles. The maximum Gasteiger partial charge on any atom is 0.264 e. The van der Waals surface area contributed by atoms with Crippen LogP contribution in [0.5, 0.6) is 5.75 Å². The molecule has 0 radical (unpaired) electrons. The Morgan fingerprint density at radius 1 is 0.826 bits per heavy atom. The largest absolute Gasteiger partial charge is 0.495 e. The maximum atomic E-state index is 14.6. The number of benzene rings is 4. The minimum absolute atomic E-state index is 0.0335. The Labute approximate surface area is 284 Å². The molecular weight excluding hydrogens is 669 g/mol. The molecule has 0 spiro atoms. The number of sulfonamides is 1. The Morgan fingerprint density at radius 3 is 2.00 bits per heavy atom. The van der Waals surface area contributed by atoms with Crippen molar-refractivity contribution in [2.45, 2.75) is 43.8 Å². The number of rotatable bonds is 13. The number of nitrogens with zero attached hydrogens (tertiary/aromatic N) is 2. The van der Waals surface area contributed by atoms with Crippen LogP contribution in [-0.4, -0.2) is 50.9 Å². The summed E-state index contributed by atoms with van der Waals surface area (Å²) < 4.78 is 34.5. The van der Waals surface area contributed by atoms with E-state index < -0.39 is 34.4 Å². The third-order valence-electron chi connectivity index (χ3n) is 7.13. The van der Waals surface area contributed by atoms with Gasteiger partial charge in [0.15, 0.2) is 0 Å². The van der Waals surface area contributed by atoms with E-state index in [4.69, 9.17) is 39.5 Å². The first-order valence-electron chi connectivity index (χ1n) is 14.4. The molecule has 1 atom stereocenters. The van der Waals surface area contributed by atoms with Gasteiger partial charge in [0.05, 0.1) is 22.7 Å². The van der Waals surface area contributed by atoms with Gasteiger partial charge in [-0.25, -0.2) is 8.42 Å². The van der Waals surface area contributed by atoms with E-state index in [2.05, 4.69) is 5.32 Å². The van der Waals surface area contributed by atoms with Crippen LogP contribution >= 0.6 is 34.8 Å². The maximum absolute atomic E-state index is 14.6. The Hall–Kier alpha value is -3.76. The summed E-state index contributed by atoms with van der Waals surface area (Å²) in [4.78, 5) is 29.7. The van der Waals surface area contributed by atoms with Crippen molar-refractivity contribution in [1.82, 2.24) is 10.2 Å². The molecular formula is C34H34Cl3N3O5S. The SMILES string of the molecule is COc1ccc(N(CC(=O)N(Cc2c(Cl)cccc2Cl)[C@H](Cc2ccccc2)C(=O)NC(C)C)S(=O)(=O)c2ccccc2)cc1Cl. The summed E-state index contributed by atoms with van der Waals surface area (Å²) in [6.07, 6.45) is 0.146. The number of nitrogens with one attached hydrogen (secondary N) is 1. The van der Waals surface area contributed by atoms with Gasteiger partial charge in [0, 0.05) is 34.6 Å². The molecule has 0 saturated carbocycles. The number of anilines is 1. The highest BCUT2D eigenvalue weighted by Gasteiger charge is 2.35. The number of hydrogen-bond acceptors (Lipinski definition) is 5. The number of methoxy groups -OCH3 is 1. The fourth-order valence-electron chi connectivity index (χ4n) is 4.85. The first-order chi connectivity index (χ1) is 21.9. The van der Waals surface area contributed by atoms with Crippen LogP contribution in [0.4, 0.5) is 5.69 Å². The molecule has 0 saturated heterocycles. The van der Waals surface area contributed by atoms with E-state index in [1.165, 1.54) is 42.3 Å². The van der Waals surface area contributed by atoms with Crippen LogP contribution in [0.25, 0.3) is 0 Å². The molecule has 0 fully saturated rings. The lowest BCUT2D eigenvalue weighted by atomic mass is 10.0. The number of ether oxygens (including phenoxy) is 1. The third kappa shape index (κ3) is 8.53. The molecule has 12 heteroatoms. The highest BCUT2D eigenvalue weighted by molar-refractivity contribution is 7.92. The van der Waals surface area contributed by atoms with Crippen molar-refractivity contribution in [2.75, 3.05) is 18.0 Å². The number of hydrogen-bond donors (Lipinski definition) is 1.